The summed E-state index contributed by atoms with van der Waals surface area (Å²) in [4.78, 5) is 10.2. The molecule has 4 aromatic carbocycles. The Bertz CT molecular complexity index is 2410. The molecule has 0 amide bonds. The normalized spacial score (nSPS) is 11.6. The number of benzene rings is 4. The molecule has 7 rings (SSSR count). The number of pyridine rings is 2. The Kier molecular flexibility index (Phi) is 9.60. The van der Waals surface area contributed by atoms with E-state index in [9.17, 15) is 10.4 Å². The van der Waals surface area contributed by atoms with Crippen LogP contribution in [-0.4, -0.2) is 19.5 Å². The Morgan fingerprint density at radius 1 is 0.706 bits per heavy atom. The summed E-state index contributed by atoms with van der Waals surface area (Å²) in [6.45, 7) is 12.9. The van der Waals surface area contributed by atoms with Crippen LogP contribution in [0.1, 0.15) is 58.2 Å². The van der Waals surface area contributed by atoms with Crippen LogP contribution in [0.4, 0.5) is 0 Å². The Morgan fingerprint density at radius 2 is 1.35 bits per heavy atom. The molecule has 7 aromatic rings. The fourth-order valence-corrected chi connectivity index (χ4v) is 6.51. The molecule has 0 aliphatic rings. The van der Waals surface area contributed by atoms with E-state index in [1.165, 1.54) is 0 Å². The van der Waals surface area contributed by atoms with Crippen molar-refractivity contribution in [1.82, 2.24) is 14.4 Å². The summed E-state index contributed by atoms with van der Waals surface area (Å²) in [5, 5.41) is 21.9. The van der Waals surface area contributed by atoms with Crippen molar-refractivity contribution in [3.63, 3.8) is 0 Å². The first-order chi connectivity index (χ1) is 23.9. The predicted molar refractivity (Wildman–Crippen MR) is 203 cm³/mol. The number of aromatic hydroxyl groups is 1. The zero-order valence-corrected chi connectivity index (χ0v) is 31.9. The number of aromatic nitrogens is 3. The van der Waals surface area contributed by atoms with Crippen LogP contribution in [0.25, 0.3) is 61.7 Å². The van der Waals surface area contributed by atoms with Crippen LogP contribution >= 0.6 is 0 Å². The van der Waals surface area contributed by atoms with E-state index < -0.39 is 0 Å². The first-order valence-electron chi connectivity index (χ1n) is 16.9. The van der Waals surface area contributed by atoms with Crippen molar-refractivity contribution in [2.45, 2.75) is 52.4 Å². The van der Waals surface area contributed by atoms with E-state index in [0.717, 1.165) is 55.8 Å². The number of rotatable bonds is 5. The van der Waals surface area contributed by atoms with Gasteiger partial charge in [0.15, 0.2) is 0 Å². The van der Waals surface area contributed by atoms with E-state index in [1.54, 1.807) is 6.20 Å². The number of phenols is 1. The molecule has 256 valence electrons. The van der Waals surface area contributed by atoms with Gasteiger partial charge in [-0.3, -0.25) is 4.98 Å². The molecule has 0 radical (unpaired) electrons. The minimum Gasteiger partial charge on any atom is -0.507 e. The molecule has 5 nitrogen and oxygen atoms in total. The SMILES string of the molecule is CC(C)(C)c1cc(-c2cc(C#N)c(-c3ccccc3)cn2)[c-]c(-c2cccn3c(-c4ccccc4)c(-c4cccc(C(C)(C)C)c4O)nc23)c1.[Pt]. The molecule has 0 saturated carbocycles. The number of para-hydroxylation sites is 1. The molecule has 1 N–H and O–H groups in total. The quantitative estimate of drug-likeness (QED) is 0.175. The molecular formula is C45H39N4OPt-. The van der Waals surface area contributed by atoms with E-state index >= 15 is 0 Å². The Balaban J connectivity index is 0.00000448. The number of fused-ring (bicyclic) bond motifs is 1. The van der Waals surface area contributed by atoms with Crippen molar-refractivity contribution >= 4 is 5.65 Å². The largest absolute Gasteiger partial charge is 0.507 e. The van der Waals surface area contributed by atoms with E-state index in [2.05, 4.69) is 88.4 Å². The van der Waals surface area contributed by atoms with E-state index in [-0.39, 0.29) is 37.6 Å². The maximum atomic E-state index is 11.7. The molecule has 0 atom stereocenters. The van der Waals surface area contributed by atoms with Crippen LogP contribution in [0.2, 0.25) is 0 Å². The van der Waals surface area contributed by atoms with E-state index in [1.807, 2.05) is 85.1 Å². The molecule has 3 aromatic heterocycles. The average Bonchev–Trinajstić information content (AvgIpc) is 3.50. The zero-order chi connectivity index (χ0) is 35.2. The maximum Gasteiger partial charge on any atom is 0.128 e. The standard InChI is InChI=1S/C45H39N4O.Pt/c1-44(2,3)34-24-31(23-32(25-34)39-26-33(27-46)37(28-47-39)29-15-9-7-10-16-29)35-20-14-22-49-41(30-17-11-8-12-18-30)40(48-43(35)49)36-19-13-21-38(42(36)50)45(4,5)6;/h7-22,24-26,28,50H,1-6H3;/q-1;. The van der Waals surface area contributed by atoms with E-state index in [4.69, 9.17) is 9.97 Å². The molecule has 0 aliphatic carbocycles. The van der Waals surface area contributed by atoms with E-state index in [0.29, 0.717) is 22.5 Å². The summed E-state index contributed by atoms with van der Waals surface area (Å²) in [6.07, 6.45) is 3.81. The van der Waals surface area contributed by atoms with Gasteiger partial charge in [0.25, 0.3) is 0 Å². The number of hydrogen-bond donors (Lipinski definition) is 1. The van der Waals surface area contributed by atoms with Crippen molar-refractivity contribution in [3.05, 3.63) is 144 Å². The second-order valence-corrected chi connectivity index (χ2v) is 14.8. The van der Waals surface area contributed by atoms with Gasteiger partial charge in [-0.15, -0.1) is 29.3 Å². The van der Waals surface area contributed by atoms with Gasteiger partial charge in [0.2, 0.25) is 0 Å². The number of imidazole rings is 1. The van der Waals surface area contributed by atoms with Gasteiger partial charge in [0.1, 0.15) is 17.1 Å². The molecule has 51 heavy (non-hydrogen) atoms. The number of nitriles is 1. The van der Waals surface area contributed by atoms with Crippen LogP contribution in [0.5, 0.6) is 5.75 Å². The smallest absolute Gasteiger partial charge is 0.128 e. The zero-order valence-electron chi connectivity index (χ0n) is 29.6. The summed E-state index contributed by atoms with van der Waals surface area (Å²) in [5.74, 6) is 0.240. The summed E-state index contributed by atoms with van der Waals surface area (Å²) >= 11 is 0. The molecule has 0 spiro atoms. The van der Waals surface area contributed by atoms with Crippen molar-refractivity contribution in [2.24, 2.45) is 0 Å². The predicted octanol–water partition coefficient (Wildman–Crippen LogP) is 11.0. The van der Waals surface area contributed by atoms with Gasteiger partial charge in [-0.05, 0) is 33.6 Å². The molecule has 0 unspecified atom stereocenters. The Morgan fingerprint density at radius 3 is 2.00 bits per heavy atom. The third-order valence-corrected chi connectivity index (χ3v) is 9.21. The van der Waals surface area contributed by atoms with Gasteiger partial charge < -0.3 is 9.51 Å². The van der Waals surface area contributed by atoms with Gasteiger partial charge in [-0.2, -0.15) is 5.26 Å². The average molecular weight is 847 g/mol. The Hall–Kier alpha value is -5.30. The van der Waals surface area contributed by atoms with Crippen molar-refractivity contribution in [2.75, 3.05) is 0 Å². The van der Waals surface area contributed by atoms with Gasteiger partial charge >= 0.3 is 0 Å². The number of phenolic OH excluding ortho intramolecular Hbond substituents is 1. The molecule has 6 heteroatoms. The van der Waals surface area contributed by atoms with Gasteiger partial charge in [-0.25, -0.2) is 4.98 Å². The molecule has 0 fully saturated rings. The number of nitrogens with zero attached hydrogens (tertiary/aromatic N) is 4. The Labute approximate surface area is 314 Å². The summed E-state index contributed by atoms with van der Waals surface area (Å²) in [6, 6.07) is 42.3. The third-order valence-electron chi connectivity index (χ3n) is 9.21. The first kappa shape index (κ1) is 35.5. The van der Waals surface area contributed by atoms with Gasteiger partial charge in [-0.1, -0.05) is 138 Å². The van der Waals surface area contributed by atoms with Crippen LogP contribution in [0.3, 0.4) is 0 Å². The molecule has 3 heterocycles. The fourth-order valence-electron chi connectivity index (χ4n) is 6.51. The molecular weight excluding hydrogens is 808 g/mol. The monoisotopic (exact) mass is 846 g/mol. The van der Waals surface area contributed by atoms with Gasteiger partial charge in [0, 0.05) is 55.8 Å². The maximum absolute atomic E-state index is 11.7. The summed E-state index contributed by atoms with van der Waals surface area (Å²) in [5.41, 5.74) is 11.1. The minimum absolute atomic E-state index is 0. The number of hydrogen-bond acceptors (Lipinski definition) is 4. The summed E-state index contributed by atoms with van der Waals surface area (Å²) in [7, 11) is 0. The van der Waals surface area contributed by atoms with Crippen molar-refractivity contribution < 1.29 is 26.2 Å². The van der Waals surface area contributed by atoms with Crippen LogP contribution in [0, 0.1) is 17.4 Å². The molecule has 0 aliphatic heterocycles. The molecule has 0 saturated heterocycles. The van der Waals surface area contributed by atoms with Crippen LogP contribution in [0.15, 0.2) is 122 Å². The van der Waals surface area contributed by atoms with Crippen LogP contribution < -0.4 is 0 Å². The van der Waals surface area contributed by atoms with Crippen LogP contribution in [-0.2, 0) is 31.9 Å². The van der Waals surface area contributed by atoms with Crippen molar-refractivity contribution in [1.29, 1.82) is 5.26 Å². The fraction of sp³-hybridized carbons (Fsp3) is 0.178. The third kappa shape index (κ3) is 6.77. The first-order valence-corrected chi connectivity index (χ1v) is 16.9. The molecule has 0 bridgehead atoms. The second kappa shape index (κ2) is 13.8. The van der Waals surface area contributed by atoms with Gasteiger partial charge in [0.05, 0.1) is 17.3 Å². The van der Waals surface area contributed by atoms with Crippen molar-refractivity contribution in [3.8, 4) is 67.8 Å². The topological polar surface area (TPSA) is 74.2 Å². The second-order valence-electron chi connectivity index (χ2n) is 14.8. The summed E-state index contributed by atoms with van der Waals surface area (Å²) < 4.78 is 2.11. The minimum atomic E-state index is -0.255.